The van der Waals surface area contributed by atoms with Gasteiger partial charge in [0.15, 0.2) is 5.11 Å². The van der Waals surface area contributed by atoms with Gasteiger partial charge < -0.3 is 15.0 Å². The number of esters is 1. The van der Waals surface area contributed by atoms with Gasteiger partial charge in [-0.1, -0.05) is 25.8 Å². The van der Waals surface area contributed by atoms with Crippen LogP contribution in [0.5, 0.6) is 0 Å². The van der Waals surface area contributed by atoms with Crippen LogP contribution in [0.1, 0.15) is 39.5 Å². The van der Waals surface area contributed by atoms with Crippen LogP contribution in [0.3, 0.4) is 0 Å². The molecule has 0 radical (unpaired) electrons. The van der Waals surface area contributed by atoms with E-state index >= 15 is 0 Å². The Kier molecular flexibility index (Phi) is 6.84. The quantitative estimate of drug-likeness (QED) is 0.336. The van der Waals surface area contributed by atoms with Crippen LogP contribution in [-0.2, 0) is 9.53 Å². The Morgan fingerprint density at radius 3 is 2.89 bits per heavy atom. The molecule has 0 aromatic heterocycles. The van der Waals surface area contributed by atoms with Crippen molar-refractivity contribution < 1.29 is 9.53 Å². The lowest BCUT2D eigenvalue weighted by molar-refractivity contribution is -0.144. The largest absolute Gasteiger partial charge is 0.458 e. The Morgan fingerprint density at radius 1 is 1.63 bits per heavy atom. The summed E-state index contributed by atoms with van der Waals surface area (Å²) in [7, 11) is 1.97. The van der Waals surface area contributed by atoms with E-state index in [9.17, 15) is 4.79 Å². The first-order valence-electron chi connectivity index (χ1n) is 6.90. The highest BCUT2D eigenvalue weighted by Gasteiger charge is 2.20. The number of hydrogen-bond donors (Lipinski definition) is 1. The molecule has 1 aliphatic rings. The zero-order chi connectivity index (χ0) is 14.3. The van der Waals surface area contributed by atoms with E-state index in [1.165, 1.54) is 19.8 Å². The van der Waals surface area contributed by atoms with Crippen molar-refractivity contribution in [3.63, 3.8) is 0 Å². The van der Waals surface area contributed by atoms with Crippen molar-refractivity contribution in [1.82, 2.24) is 10.2 Å². The van der Waals surface area contributed by atoms with Gasteiger partial charge in [0.25, 0.3) is 0 Å². The van der Waals surface area contributed by atoms with Gasteiger partial charge in [0.1, 0.15) is 6.10 Å². The molecule has 5 heteroatoms. The Hall–Kier alpha value is -1.10. The lowest BCUT2D eigenvalue weighted by Crippen LogP contribution is -2.25. The number of likely N-dealkylation sites (N-methyl/N-ethyl adjacent to an activating group) is 1. The molecule has 0 aromatic carbocycles. The molecular weight excluding hydrogens is 260 g/mol. The molecule has 0 spiro atoms. The van der Waals surface area contributed by atoms with Crippen LogP contribution < -0.4 is 5.32 Å². The van der Waals surface area contributed by atoms with Crippen LogP contribution >= 0.6 is 12.2 Å². The third-order valence-electron chi connectivity index (χ3n) is 3.09. The molecule has 1 fully saturated rings. The van der Waals surface area contributed by atoms with Crippen molar-refractivity contribution in [2.45, 2.75) is 51.7 Å². The summed E-state index contributed by atoms with van der Waals surface area (Å²) in [5.74, 6) is -0.224. The summed E-state index contributed by atoms with van der Waals surface area (Å²) < 4.78 is 5.31. The van der Waals surface area contributed by atoms with Gasteiger partial charge in [0.2, 0.25) is 0 Å². The minimum absolute atomic E-state index is 0.120. The van der Waals surface area contributed by atoms with Gasteiger partial charge in [-0.2, -0.15) is 0 Å². The van der Waals surface area contributed by atoms with E-state index in [1.807, 2.05) is 18.0 Å². The predicted octanol–water partition coefficient (Wildman–Crippen LogP) is 2.24. The van der Waals surface area contributed by atoms with E-state index in [-0.39, 0.29) is 18.1 Å². The normalized spacial score (nSPS) is 20.7. The molecule has 1 N–H and O–H groups in total. The molecule has 1 saturated heterocycles. The fourth-order valence-corrected chi connectivity index (χ4v) is 2.29. The van der Waals surface area contributed by atoms with Crippen LogP contribution in [0.2, 0.25) is 0 Å². The number of thiocarbonyl (C=S) groups is 1. The van der Waals surface area contributed by atoms with E-state index < -0.39 is 0 Å². The van der Waals surface area contributed by atoms with E-state index in [0.29, 0.717) is 0 Å². The highest BCUT2D eigenvalue weighted by Crippen LogP contribution is 2.10. The minimum atomic E-state index is -0.224. The lowest BCUT2D eigenvalue weighted by atomic mass is 10.1. The van der Waals surface area contributed by atoms with Crippen molar-refractivity contribution in [2.24, 2.45) is 0 Å². The van der Waals surface area contributed by atoms with Crippen molar-refractivity contribution in [3.8, 4) is 0 Å². The van der Waals surface area contributed by atoms with Gasteiger partial charge >= 0.3 is 5.97 Å². The van der Waals surface area contributed by atoms with Gasteiger partial charge in [-0.05, 0) is 31.1 Å². The zero-order valence-corrected chi connectivity index (χ0v) is 12.8. The number of carbonyl (C=O) groups is 1. The molecule has 2 unspecified atom stereocenters. The molecule has 2 atom stereocenters. The third kappa shape index (κ3) is 6.05. The summed E-state index contributed by atoms with van der Waals surface area (Å²) in [5, 5.41) is 3.98. The van der Waals surface area contributed by atoms with Crippen LogP contribution in [0.4, 0.5) is 0 Å². The standard InChI is InChI=1S/C14H24N2O2S/c1-4-5-6-7-13(18-11(2)17)9-8-12-10-16(3)14(19)15-12/h8-9,12-13H,4-7,10H2,1-3H3,(H,15,19)/b9-8+. The summed E-state index contributed by atoms with van der Waals surface area (Å²) in [6.45, 7) is 4.48. The molecule has 19 heavy (non-hydrogen) atoms. The summed E-state index contributed by atoms with van der Waals surface area (Å²) in [4.78, 5) is 13.1. The predicted molar refractivity (Wildman–Crippen MR) is 81.0 cm³/mol. The van der Waals surface area contributed by atoms with E-state index in [2.05, 4.69) is 18.3 Å². The molecule has 1 heterocycles. The van der Waals surface area contributed by atoms with Gasteiger partial charge in [0.05, 0.1) is 6.04 Å². The van der Waals surface area contributed by atoms with Gasteiger partial charge in [-0.3, -0.25) is 4.79 Å². The maximum atomic E-state index is 11.1. The third-order valence-corrected chi connectivity index (χ3v) is 3.52. The Morgan fingerprint density at radius 2 is 2.37 bits per heavy atom. The second-order valence-corrected chi connectivity index (χ2v) is 5.35. The summed E-state index contributed by atoms with van der Waals surface area (Å²) >= 11 is 5.15. The number of nitrogens with zero attached hydrogens (tertiary/aromatic N) is 1. The van der Waals surface area contributed by atoms with Gasteiger partial charge in [-0.15, -0.1) is 0 Å². The maximum Gasteiger partial charge on any atom is 0.303 e. The fourth-order valence-electron chi connectivity index (χ4n) is 2.06. The topological polar surface area (TPSA) is 41.6 Å². The lowest BCUT2D eigenvalue weighted by Gasteiger charge is -2.13. The summed E-state index contributed by atoms with van der Waals surface area (Å²) in [6.07, 6.45) is 8.21. The molecule has 4 nitrogen and oxygen atoms in total. The molecule has 0 amide bonds. The van der Waals surface area contributed by atoms with E-state index in [4.69, 9.17) is 17.0 Å². The summed E-state index contributed by atoms with van der Waals surface area (Å²) in [5.41, 5.74) is 0. The highest BCUT2D eigenvalue weighted by molar-refractivity contribution is 7.80. The highest BCUT2D eigenvalue weighted by atomic mass is 32.1. The average Bonchev–Trinajstić information content (AvgIpc) is 2.65. The number of unbranched alkanes of at least 4 members (excludes halogenated alkanes) is 2. The molecule has 0 saturated carbocycles. The number of hydrogen-bond acceptors (Lipinski definition) is 3. The van der Waals surface area contributed by atoms with E-state index in [1.54, 1.807) is 0 Å². The van der Waals surface area contributed by atoms with Crippen LogP contribution in [0, 0.1) is 0 Å². The van der Waals surface area contributed by atoms with Crippen molar-refractivity contribution >= 4 is 23.3 Å². The van der Waals surface area contributed by atoms with Crippen LogP contribution in [0.15, 0.2) is 12.2 Å². The fraction of sp³-hybridized carbons (Fsp3) is 0.714. The van der Waals surface area contributed by atoms with Crippen LogP contribution in [0.25, 0.3) is 0 Å². The Labute approximate surface area is 121 Å². The van der Waals surface area contributed by atoms with Gasteiger partial charge in [0, 0.05) is 20.5 Å². The first-order chi connectivity index (χ1) is 9.02. The first kappa shape index (κ1) is 16.0. The van der Waals surface area contributed by atoms with Crippen LogP contribution in [-0.4, -0.2) is 41.7 Å². The smallest absolute Gasteiger partial charge is 0.303 e. The minimum Gasteiger partial charge on any atom is -0.458 e. The molecule has 1 rings (SSSR count). The van der Waals surface area contributed by atoms with Crippen molar-refractivity contribution in [1.29, 1.82) is 0 Å². The molecule has 108 valence electrons. The van der Waals surface area contributed by atoms with Gasteiger partial charge in [-0.25, -0.2) is 0 Å². The zero-order valence-electron chi connectivity index (χ0n) is 12.0. The molecule has 1 aliphatic heterocycles. The number of carbonyl (C=O) groups excluding carboxylic acids is 1. The monoisotopic (exact) mass is 284 g/mol. The van der Waals surface area contributed by atoms with Crippen molar-refractivity contribution in [2.75, 3.05) is 13.6 Å². The molecule has 0 aliphatic carbocycles. The Balaban J connectivity index is 2.46. The Bertz CT molecular complexity index is 344. The first-order valence-corrected chi connectivity index (χ1v) is 7.31. The van der Waals surface area contributed by atoms with Crippen molar-refractivity contribution in [3.05, 3.63) is 12.2 Å². The van der Waals surface area contributed by atoms with E-state index in [0.717, 1.165) is 24.5 Å². The number of ether oxygens (including phenoxy) is 1. The maximum absolute atomic E-state index is 11.1. The molecular formula is C14H24N2O2S. The molecule has 0 bridgehead atoms. The second-order valence-electron chi connectivity index (χ2n) is 4.97. The number of rotatable bonds is 7. The summed E-state index contributed by atoms with van der Waals surface area (Å²) in [6, 6.07) is 0.210. The SMILES string of the molecule is CCCCCC(/C=C/C1CN(C)C(=S)N1)OC(C)=O. The second kappa shape index (κ2) is 8.15. The number of nitrogens with one attached hydrogen (secondary N) is 1. The molecule has 0 aromatic rings. The average molecular weight is 284 g/mol.